The molecule has 0 atom stereocenters. The molecule has 26 heavy (non-hydrogen) atoms. The zero-order valence-electron chi connectivity index (χ0n) is 13.3. The van der Waals surface area contributed by atoms with Crippen LogP contribution in [0.3, 0.4) is 0 Å². The monoisotopic (exact) mass is 406 g/mol. The Bertz CT molecular complexity index is 488. The van der Waals surface area contributed by atoms with Crippen LogP contribution in [0.2, 0.25) is 0 Å². The number of carbonyl (C=O) groups is 2. The number of carbonyl (C=O) groups excluding carboxylic acids is 2. The summed E-state index contributed by atoms with van der Waals surface area (Å²) in [5.41, 5.74) is 0. The first-order chi connectivity index (χ1) is 11.6. The number of esters is 2. The molecule has 0 fully saturated rings. The summed E-state index contributed by atoms with van der Waals surface area (Å²) in [7, 11) is 0. The van der Waals surface area contributed by atoms with Gasteiger partial charge in [0, 0.05) is 0 Å². The molecule has 0 saturated heterocycles. The standard InChI is InChI=1S/C13H15F9O4/c1-2-6-25-8(23)3-4-9(24)26-7-5-10(14,15)11(16,17)12(18,19)13(20,21)22/h2-7H2,1H3. The van der Waals surface area contributed by atoms with Crippen LogP contribution in [-0.2, 0) is 19.1 Å². The van der Waals surface area contributed by atoms with Crippen LogP contribution < -0.4 is 0 Å². The summed E-state index contributed by atoms with van der Waals surface area (Å²) in [4.78, 5) is 22.2. The SMILES string of the molecule is CCCOC(=O)CCC(=O)OCCC(F)(F)C(F)(F)C(F)(F)C(F)(F)F. The fourth-order valence-electron chi connectivity index (χ4n) is 1.42. The van der Waals surface area contributed by atoms with Crippen molar-refractivity contribution < 1.29 is 58.6 Å². The van der Waals surface area contributed by atoms with Gasteiger partial charge >= 0.3 is 35.9 Å². The third-order valence-electron chi connectivity index (χ3n) is 2.89. The first-order valence-electron chi connectivity index (χ1n) is 7.11. The largest absolute Gasteiger partial charge is 0.466 e. The van der Waals surface area contributed by atoms with Crippen molar-refractivity contribution >= 4 is 11.9 Å². The van der Waals surface area contributed by atoms with Crippen molar-refractivity contribution in [3.05, 3.63) is 0 Å². The maximum absolute atomic E-state index is 13.1. The zero-order valence-corrected chi connectivity index (χ0v) is 13.3. The van der Waals surface area contributed by atoms with Gasteiger partial charge in [-0.2, -0.15) is 39.5 Å². The Morgan fingerprint density at radius 3 is 1.54 bits per heavy atom. The fraction of sp³-hybridized carbons (Fsp3) is 0.846. The Labute approximate surface area is 141 Å². The molecule has 154 valence electrons. The molecule has 0 rings (SSSR count). The minimum absolute atomic E-state index is 0.0581. The second kappa shape index (κ2) is 8.80. The molecule has 0 aromatic carbocycles. The quantitative estimate of drug-likeness (QED) is 0.405. The lowest BCUT2D eigenvalue weighted by Gasteiger charge is -2.33. The molecule has 0 heterocycles. The van der Waals surface area contributed by atoms with Gasteiger partial charge in [0.25, 0.3) is 0 Å². The molecule has 0 aliphatic carbocycles. The molecule has 0 unspecified atom stereocenters. The van der Waals surface area contributed by atoms with E-state index in [0.29, 0.717) is 6.42 Å². The van der Waals surface area contributed by atoms with Crippen molar-refractivity contribution in [2.24, 2.45) is 0 Å². The molecular formula is C13H15F9O4. The maximum atomic E-state index is 13.1. The number of rotatable bonds is 10. The van der Waals surface area contributed by atoms with Crippen LogP contribution in [0, 0.1) is 0 Å². The van der Waals surface area contributed by atoms with E-state index in [2.05, 4.69) is 9.47 Å². The van der Waals surface area contributed by atoms with Crippen molar-refractivity contribution in [1.29, 1.82) is 0 Å². The molecule has 0 spiro atoms. The van der Waals surface area contributed by atoms with Gasteiger partial charge in [-0.3, -0.25) is 9.59 Å². The lowest BCUT2D eigenvalue weighted by molar-refractivity contribution is -0.397. The molecule has 0 aliphatic heterocycles. The van der Waals surface area contributed by atoms with Crippen LogP contribution in [0.15, 0.2) is 0 Å². The van der Waals surface area contributed by atoms with Crippen LogP contribution >= 0.6 is 0 Å². The minimum atomic E-state index is -6.99. The topological polar surface area (TPSA) is 52.6 Å². The number of halogens is 9. The van der Waals surface area contributed by atoms with E-state index in [1.807, 2.05) is 0 Å². The molecule has 13 heteroatoms. The van der Waals surface area contributed by atoms with E-state index in [0.717, 1.165) is 0 Å². The summed E-state index contributed by atoms with van der Waals surface area (Å²) in [6.07, 6.45) is -9.89. The molecule has 0 amide bonds. The summed E-state index contributed by atoms with van der Waals surface area (Å²) in [5.74, 6) is -21.7. The average Bonchev–Trinajstić information content (AvgIpc) is 2.49. The summed E-state index contributed by atoms with van der Waals surface area (Å²) >= 11 is 0. The third kappa shape index (κ3) is 5.94. The van der Waals surface area contributed by atoms with E-state index in [1.165, 1.54) is 0 Å². The van der Waals surface area contributed by atoms with Gasteiger partial charge in [0.15, 0.2) is 0 Å². The highest BCUT2D eigenvalue weighted by atomic mass is 19.4. The van der Waals surface area contributed by atoms with E-state index < -0.39 is 61.8 Å². The first kappa shape index (κ1) is 24.3. The average molecular weight is 406 g/mol. The lowest BCUT2D eigenvalue weighted by Crippen LogP contribution is -2.61. The molecule has 0 aliphatic rings. The Morgan fingerprint density at radius 2 is 1.15 bits per heavy atom. The summed E-state index contributed by atoms with van der Waals surface area (Å²) in [6.45, 7) is 0.182. The van der Waals surface area contributed by atoms with Crippen LogP contribution in [0.4, 0.5) is 39.5 Å². The lowest BCUT2D eigenvalue weighted by atomic mass is 10.0. The smallest absolute Gasteiger partial charge is 0.460 e. The van der Waals surface area contributed by atoms with E-state index in [4.69, 9.17) is 0 Å². The minimum Gasteiger partial charge on any atom is -0.466 e. The van der Waals surface area contributed by atoms with Crippen molar-refractivity contribution in [1.82, 2.24) is 0 Å². The van der Waals surface area contributed by atoms with Gasteiger partial charge in [0.1, 0.15) is 0 Å². The second-order valence-electron chi connectivity index (χ2n) is 5.04. The highest BCUT2D eigenvalue weighted by Crippen LogP contribution is 2.53. The molecule has 0 saturated carbocycles. The van der Waals surface area contributed by atoms with Gasteiger partial charge < -0.3 is 9.47 Å². The van der Waals surface area contributed by atoms with Crippen molar-refractivity contribution in [2.45, 2.75) is 56.6 Å². The fourth-order valence-corrected chi connectivity index (χ4v) is 1.42. The Balaban J connectivity index is 4.61. The Morgan fingerprint density at radius 1 is 0.731 bits per heavy atom. The van der Waals surface area contributed by atoms with E-state index in [1.54, 1.807) is 6.92 Å². The van der Waals surface area contributed by atoms with Gasteiger partial charge in [-0.05, 0) is 6.42 Å². The van der Waals surface area contributed by atoms with Crippen molar-refractivity contribution in [3.63, 3.8) is 0 Å². The van der Waals surface area contributed by atoms with Crippen molar-refractivity contribution in [2.75, 3.05) is 13.2 Å². The summed E-state index contributed by atoms with van der Waals surface area (Å²) < 4.78 is 122. The van der Waals surface area contributed by atoms with E-state index in [9.17, 15) is 49.1 Å². The van der Waals surface area contributed by atoms with Gasteiger partial charge in [0.05, 0.1) is 32.5 Å². The Hall–Kier alpha value is -1.69. The predicted molar refractivity (Wildman–Crippen MR) is 67.0 cm³/mol. The summed E-state index contributed by atoms with van der Waals surface area (Å²) in [5, 5.41) is 0. The van der Waals surface area contributed by atoms with Crippen LogP contribution in [0.5, 0.6) is 0 Å². The highest BCUT2D eigenvalue weighted by molar-refractivity contribution is 5.77. The third-order valence-corrected chi connectivity index (χ3v) is 2.89. The van der Waals surface area contributed by atoms with E-state index >= 15 is 0 Å². The second-order valence-corrected chi connectivity index (χ2v) is 5.04. The number of hydrogen-bond donors (Lipinski definition) is 0. The van der Waals surface area contributed by atoms with Crippen LogP contribution in [0.25, 0.3) is 0 Å². The van der Waals surface area contributed by atoms with E-state index in [-0.39, 0.29) is 6.61 Å². The van der Waals surface area contributed by atoms with Gasteiger partial charge in [-0.25, -0.2) is 0 Å². The van der Waals surface area contributed by atoms with Crippen LogP contribution in [-0.4, -0.2) is 49.1 Å². The van der Waals surface area contributed by atoms with Gasteiger partial charge in [-0.1, -0.05) is 6.92 Å². The van der Waals surface area contributed by atoms with Gasteiger partial charge in [0.2, 0.25) is 0 Å². The van der Waals surface area contributed by atoms with Gasteiger partial charge in [-0.15, -0.1) is 0 Å². The Kier molecular flexibility index (Phi) is 8.23. The molecular weight excluding hydrogens is 391 g/mol. The molecule has 0 aromatic heterocycles. The highest BCUT2D eigenvalue weighted by Gasteiger charge is 2.81. The zero-order chi connectivity index (χ0) is 20.8. The number of alkyl halides is 9. The molecule has 0 N–H and O–H groups in total. The molecule has 0 aromatic rings. The number of ether oxygens (including phenoxy) is 2. The normalized spacial score (nSPS) is 13.5. The number of hydrogen-bond acceptors (Lipinski definition) is 4. The maximum Gasteiger partial charge on any atom is 0.460 e. The molecule has 0 radical (unpaired) electrons. The summed E-state index contributed by atoms with van der Waals surface area (Å²) in [6, 6.07) is 0. The first-order valence-corrected chi connectivity index (χ1v) is 7.11. The van der Waals surface area contributed by atoms with Crippen molar-refractivity contribution in [3.8, 4) is 0 Å². The predicted octanol–water partition coefficient (Wildman–Crippen LogP) is 4.12. The molecule has 4 nitrogen and oxygen atoms in total. The van der Waals surface area contributed by atoms with Crippen LogP contribution in [0.1, 0.15) is 32.6 Å². The molecule has 0 bridgehead atoms.